The Balaban J connectivity index is 1.19. The standard InChI is InChI=1S/C32H29N3O3S/c1-34-31(36)30(39-32(34)33-26-13-15-27(16-14-26)35-17-19-37-20-18-35)21-24-8-3-5-12-29(24)38-22-25-10-6-9-23-7-2-4-11-28(23)25/h2-16,21H,17-20,22H2,1H3/b30-21-,33-32?. The fraction of sp³-hybridized carbons (Fsp3) is 0.188. The summed E-state index contributed by atoms with van der Waals surface area (Å²) in [6.45, 7) is 3.72. The van der Waals surface area contributed by atoms with Crippen molar-refractivity contribution < 1.29 is 14.3 Å². The Kier molecular flexibility index (Phi) is 7.34. The van der Waals surface area contributed by atoms with Crippen LogP contribution in [0.25, 0.3) is 16.8 Å². The maximum atomic E-state index is 13.1. The number of carbonyl (C=O) groups excluding carboxylic acids is 1. The van der Waals surface area contributed by atoms with Gasteiger partial charge < -0.3 is 14.4 Å². The van der Waals surface area contributed by atoms with Crippen LogP contribution in [0.5, 0.6) is 5.75 Å². The van der Waals surface area contributed by atoms with Gasteiger partial charge in [0.25, 0.3) is 5.91 Å². The molecule has 196 valence electrons. The SMILES string of the molecule is CN1C(=O)/C(=C/c2ccccc2OCc2cccc3ccccc23)SC1=Nc1ccc(N2CCOCC2)cc1. The van der Waals surface area contributed by atoms with E-state index in [1.807, 2.05) is 54.6 Å². The van der Waals surface area contributed by atoms with Gasteiger partial charge in [0.2, 0.25) is 0 Å². The molecule has 0 atom stereocenters. The van der Waals surface area contributed by atoms with Crippen molar-refractivity contribution >= 4 is 51.1 Å². The number of fused-ring (bicyclic) bond motifs is 1. The molecule has 0 aliphatic carbocycles. The predicted octanol–water partition coefficient (Wildman–Crippen LogP) is 6.49. The molecule has 0 spiro atoms. The van der Waals surface area contributed by atoms with E-state index in [4.69, 9.17) is 14.5 Å². The number of benzene rings is 4. The summed E-state index contributed by atoms with van der Waals surface area (Å²) in [6, 6.07) is 30.5. The van der Waals surface area contributed by atoms with Crippen molar-refractivity contribution in [1.82, 2.24) is 4.90 Å². The van der Waals surface area contributed by atoms with Crippen molar-refractivity contribution in [2.75, 3.05) is 38.3 Å². The van der Waals surface area contributed by atoms with E-state index in [0.717, 1.165) is 54.6 Å². The molecule has 1 amide bonds. The molecule has 0 saturated carbocycles. The lowest BCUT2D eigenvalue weighted by Gasteiger charge is -2.28. The average Bonchev–Trinajstić information content (AvgIpc) is 3.25. The summed E-state index contributed by atoms with van der Waals surface area (Å²) in [6.07, 6.45) is 1.89. The number of amidine groups is 1. The molecule has 2 aliphatic heterocycles. The number of morpholine rings is 1. The Hall–Kier alpha value is -4.07. The zero-order valence-corrected chi connectivity index (χ0v) is 22.6. The van der Waals surface area contributed by atoms with E-state index in [9.17, 15) is 4.79 Å². The summed E-state index contributed by atoms with van der Waals surface area (Å²) in [5.41, 5.74) is 3.95. The maximum Gasteiger partial charge on any atom is 0.266 e. The number of hydrogen-bond donors (Lipinski definition) is 0. The van der Waals surface area contributed by atoms with Crippen LogP contribution in [0.4, 0.5) is 11.4 Å². The maximum absolute atomic E-state index is 13.1. The molecule has 0 unspecified atom stereocenters. The largest absolute Gasteiger partial charge is 0.488 e. The summed E-state index contributed by atoms with van der Waals surface area (Å²) in [5.74, 6) is 0.658. The normalized spacial score (nSPS) is 17.9. The van der Waals surface area contributed by atoms with Crippen LogP contribution in [-0.2, 0) is 16.1 Å². The molecule has 0 N–H and O–H groups in total. The van der Waals surface area contributed by atoms with E-state index >= 15 is 0 Å². The number of thioether (sulfide) groups is 1. The van der Waals surface area contributed by atoms with E-state index in [0.29, 0.717) is 16.7 Å². The van der Waals surface area contributed by atoms with Crippen molar-refractivity contribution in [3.05, 3.63) is 107 Å². The molecule has 7 heteroatoms. The van der Waals surface area contributed by atoms with Gasteiger partial charge in [-0.1, -0.05) is 60.7 Å². The minimum Gasteiger partial charge on any atom is -0.488 e. The fourth-order valence-electron chi connectivity index (χ4n) is 4.77. The number of hydrogen-bond acceptors (Lipinski definition) is 6. The molecule has 0 aromatic heterocycles. The Labute approximate surface area is 232 Å². The van der Waals surface area contributed by atoms with E-state index in [-0.39, 0.29) is 5.91 Å². The van der Waals surface area contributed by atoms with E-state index in [2.05, 4.69) is 47.4 Å². The third kappa shape index (κ3) is 5.55. The van der Waals surface area contributed by atoms with Gasteiger partial charge >= 0.3 is 0 Å². The fourth-order valence-corrected chi connectivity index (χ4v) is 5.75. The van der Waals surface area contributed by atoms with Gasteiger partial charge in [-0.3, -0.25) is 9.69 Å². The number of likely N-dealkylation sites (N-methyl/N-ethyl adjacent to an activating group) is 1. The Morgan fingerprint density at radius 2 is 1.67 bits per heavy atom. The summed E-state index contributed by atoms with van der Waals surface area (Å²) in [5, 5.41) is 3.02. The van der Waals surface area contributed by atoms with E-state index < -0.39 is 0 Å². The van der Waals surface area contributed by atoms with Gasteiger partial charge in [-0.25, -0.2) is 4.99 Å². The number of nitrogens with zero attached hydrogens (tertiary/aromatic N) is 3. The number of carbonyl (C=O) groups is 1. The number of amides is 1. The average molecular weight is 536 g/mol. The first kappa shape index (κ1) is 25.2. The van der Waals surface area contributed by atoms with Crippen LogP contribution in [0.3, 0.4) is 0 Å². The van der Waals surface area contributed by atoms with Gasteiger partial charge in [-0.2, -0.15) is 0 Å². The molecule has 4 aromatic rings. The molecule has 6 nitrogen and oxygen atoms in total. The Morgan fingerprint density at radius 1 is 0.923 bits per heavy atom. The minimum atomic E-state index is -0.0763. The highest BCUT2D eigenvalue weighted by atomic mass is 32.2. The zero-order chi connectivity index (χ0) is 26.6. The van der Waals surface area contributed by atoms with Crippen LogP contribution >= 0.6 is 11.8 Å². The molecule has 0 radical (unpaired) electrons. The molecule has 0 bridgehead atoms. The van der Waals surface area contributed by atoms with Crippen molar-refractivity contribution in [3.8, 4) is 5.75 Å². The lowest BCUT2D eigenvalue weighted by Crippen LogP contribution is -2.36. The third-order valence-corrected chi connectivity index (χ3v) is 7.98. The molecular formula is C32H29N3O3S. The first-order valence-corrected chi connectivity index (χ1v) is 13.8. The summed E-state index contributed by atoms with van der Waals surface area (Å²) in [4.78, 5) is 22.4. The topological polar surface area (TPSA) is 54.4 Å². The highest BCUT2D eigenvalue weighted by Gasteiger charge is 2.30. The molecule has 4 aromatic carbocycles. The number of aliphatic imine (C=N–C) groups is 1. The number of para-hydroxylation sites is 1. The van der Waals surface area contributed by atoms with Crippen LogP contribution in [-0.4, -0.2) is 49.3 Å². The zero-order valence-electron chi connectivity index (χ0n) is 21.7. The smallest absolute Gasteiger partial charge is 0.266 e. The van der Waals surface area contributed by atoms with E-state index in [1.54, 1.807) is 11.9 Å². The van der Waals surface area contributed by atoms with Crippen LogP contribution in [0, 0.1) is 0 Å². The second-order valence-electron chi connectivity index (χ2n) is 9.45. The summed E-state index contributed by atoms with van der Waals surface area (Å²) < 4.78 is 11.7. The monoisotopic (exact) mass is 535 g/mol. The van der Waals surface area contributed by atoms with Crippen molar-refractivity contribution in [2.45, 2.75) is 6.61 Å². The molecule has 39 heavy (non-hydrogen) atoms. The van der Waals surface area contributed by atoms with Gasteiger partial charge in [0.1, 0.15) is 12.4 Å². The van der Waals surface area contributed by atoms with Crippen molar-refractivity contribution in [1.29, 1.82) is 0 Å². The molecule has 2 aliphatic rings. The van der Waals surface area contributed by atoms with Crippen molar-refractivity contribution in [2.24, 2.45) is 4.99 Å². The highest BCUT2D eigenvalue weighted by Crippen LogP contribution is 2.35. The molecular weight excluding hydrogens is 506 g/mol. The second kappa shape index (κ2) is 11.4. The first-order chi connectivity index (χ1) is 19.2. The lowest BCUT2D eigenvalue weighted by atomic mass is 10.1. The highest BCUT2D eigenvalue weighted by molar-refractivity contribution is 8.18. The second-order valence-corrected chi connectivity index (χ2v) is 10.5. The van der Waals surface area contributed by atoms with Crippen LogP contribution in [0.15, 0.2) is 101 Å². The minimum absolute atomic E-state index is 0.0763. The Bertz CT molecular complexity index is 1550. The summed E-state index contributed by atoms with van der Waals surface area (Å²) >= 11 is 1.38. The predicted molar refractivity (Wildman–Crippen MR) is 160 cm³/mol. The number of anilines is 1. The van der Waals surface area contributed by atoms with Crippen molar-refractivity contribution in [3.63, 3.8) is 0 Å². The van der Waals surface area contributed by atoms with Gasteiger partial charge in [-0.15, -0.1) is 0 Å². The Morgan fingerprint density at radius 3 is 2.51 bits per heavy atom. The first-order valence-electron chi connectivity index (χ1n) is 13.0. The van der Waals surface area contributed by atoms with Gasteiger partial charge in [0.05, 0.1) is 23.8 Å². The van der Waals surface area contributed by atoms with E-state index in [1.165, 1.54) is 22.5 Å². The van der Waals surface area contributed by atoms with Gasteiger partial charge in [0.15, 0.2) is 5.17 Å². The lowest BCUT2D eigenvalue weighted by molar-refractivity contribution is -0.121. The molecule has 2 fully saturated rings. The quantitative estimate of drug-likeness (QED) is 0.264. The van der Waals surface area contributed by atoms with Crippen LogP contribution < -0.4 is 9.64 Å². The number of rotatable bonds is 6. The van der Waals surface area contributed by atoms with Crippen LogP contribution in [0.2, 0.25) is 0 Å². The van der Waals surface area contributed by atoms with Crippen LogP contribution in [0.1, 0.15) is 11.1 Å². The molecule has 2 heterocycles. The number of ether oxygens (including phenoxy) is 2. The third-order valence-electron chi connectivity index (χ3n) is 6.92. The summed E-state index contributed by atoms with van der Waals surface area (Å²) in [7, 11) is 1.76. The molecule has 6 rings (SSSR count). The molecule has 2 saturated heterocycles. The van der Waals surface area contributed by atoms with Gasteiger partial charge in [-0.05, 0) is 64.5 Å². The van der Waals surface area contributed by atoms with Gasteiger partial charge in [0, 0.05) is 31.4 Å².